The van der Waals surface area contributed by atoms with Gasteiger partial charge >= 0.3 is 0 Å². The molecule has 0 aliphatic carbocycles. The Labute approximate surface area is 123 Å². The lowest BCUT2D eigenvalue weighted by Gasteiger charge is -2.07. The SMILES string of the molecule is Cc1cc([N+](=O)[O-])c(C)cc1Oc1nc(Cl)c(C=O)s1. The summed E-state index contributed by atoms with van der Waals surface area (Å²) in [4.78, 5) is 25.2. The van der Waals surface area contributed by atoms with E-state index in [0.29, 0.717) is 23.2 Å². The van der Waals surface area contributed by atoms with Crippen LogP contribution in [-0.4, -0.2) is 16.2 Å². The number of carbonyl (C=O) groups is 1. The fourth-order valence-corrected chi connectivity index (χ4v) is 2.51. The maximum Gasteiger partial charge on any atom is 0.280 e. The van der Waals surface area contributed by atoms with Crippen LogP contribution in [0.5, 0.6) is 10.9 Å². The van der Waals surface area contributed by atoms with E-state index in [2.05, 4.69) is 4.98 Å². The Bertz CT molecular complexity index is 699. The van der Waals surface area contributed by atoms with E-state index in [9.17, 15) is 14.9 Å². The van der Waals surface area contributed by atoms with Crippen LogP contribution < -0.4 is 4.74 Å². The van der Waals surface area contributed by atoms with E-state index < -0.39 is 4.92 Å². The number of nitro groups is 1. The first-order chi connectivity index (χ1) is 9.42. The van der Waals surface area contributed by atoms with Crippen LogP contribution in [0.15, 0.2) is 12.1 Å². The highest BCUT2D eigenvalue weighted by Crippen LogP contribution is 2.34. The molecule has 8 heteroatoms. The van der Waals surface area contributed by atoms with Crippen molar-refractivity contribution in [2.75, 3.05) is 0 Å². The molecule has 0 saturated carbocycles. The summed E-state index contributed by atoms with van der Waals surface area (Å²) in [5.74, 6) is 0.441. The lowest BCUT2D eigenvalue weighted by Crippen LogP contribution is -1.95. The number of rotatable bonds is 4. The number of benzene rings is 1. The van der Waals surface area contributed by atoms with Crippen LogP contribution in [-0.2, 0) is 0 Å². The molecule has 1 aromatic heterocycles. The number of aromatic nitrogens is 1. The zero-order valence-corrected chi connectivity index (χ0v) is 12.1. The fourth-order valence-electron chi connectivity index (χ4n) is 1.59. The van der Waals surface area contributed by atoms with Crippen LogP contribution >= 0.6 is 22.9 Å². The van der Waals surface area contributed by atoms with Crippen molar-refractivity contribution >= 4 is 34.9 Å². The van der Waals surface area contributed by atoms with Gasteiger partial charge in [-0.1, -0.05) is 22.9 Å². The normalized spacial score (nSPS) is 10.3. The predicted molar refractivity (Wildman–Crippen MR) is 75.2 cm³/mol. The van der Waals surface area contributed by atoms with Gasteiger partial charge in [-0.2, -0.15) is 4.98 Å². The molecule has 2 aromatic rings. The van der Waals surface area contributed by atoms with Gasteiger partial charge in [-0.15, -0.1) is 0 Å². The van der Waals surface area contributed by atoms with E-state index in [0.717, 1.165) is 11.3 Å². The molecule has 0 saturated heterocycles. The molecule has 0 unspecified atom stereocenters. The zero-order valence-electron chi connectivity index (χ0n) is 10.5. The first kappa shape index (κ1) is 14.4. The van der Waals surface area contributed by atoms with Gasteiger partial charge in [-0.05, 0) is 25.5 Å². The summed E-state index contributed by atoms with van der Waals surface area (Å²) in [6.07, 6.45) is 0.598. The molecule has 1 heterocycles. The van der Waals surface area contributed by atoms with Crippen molar-refractivity contribution in [1.82, 2.24) is 4.98 Å². The van der Waals surface area contributed by atoms with Gasteiger partial charge in [0.15, 0.2) is 11.4 Å². The molecule has 0 amide bonds. The largest absolute Gasteiger partial charge is 0.431 e. The van der Waals surface area contributed by atoms with Gasteiger partial charge < -0.3 is 4.74 Å². The summed E-state index contributed by atoms with van der Waals surface area (Å²) in [7, 11) is 0. The Kier molecular flexibility index (Phi) is 4.01. The molecule has 0 aliphatic heterocycles. The number of hydrogen-bond donors (Lipinski definition) is 0. The number of nitrogens with zero attached hydrogens (tertiary/aromatic N) is 2. The highest BCUT2D eigenvalue weighted by Gasteiger charge is 2.16. The van der Waals surface area contributed by atoms with Gasteiger partial charge in [0.1, 0.15) is 10.6 Å². The quantitative estimate of drug-likeness (QED) is 0.485. The lowest BCUT2D eigenvalue weighted by molar-refractivity contribution is -0.385. The Morgan fingerprint density at radius 1 is 1.40 bits per heavy atom. The van der Waals surface area contributed by atoms with Crippen LogP contribution in [0, 0.1) is 24.0 Å². The van der Waals surface area contributed by atoms with Gasteiger partial charge in [0.25, 0.3) is 10.9 Å². The summed E-state index contributed by atoms with van der Waals surface area (Å²) in [5.41, 5.74) is 1.11. The molecule has 6 nitrogen and oxygen atoms in total. The topological polar surface area (TPSA) is 82.3 Å². The van der Waals surface area contributed by atoms with Crippen molar-refractivity contribution in [3.63, 3.8) is 0 Å². The second kappa shape index (κ2) is 5.56. The van der Waals surface area contributed by atoms with Gasteiger partial charge in [-0.25, -0.2) is 0 Å². The van der Waals surface area contributed by atoms with Crippen molar-refractivity contribution in [2.24, 2.45) is 0 Å². The standard InChI is InChI=1S/C12H9ClN2O4S/c1-6-4-9(7(2)3-8(6)15(17)18)19-12-14-11(13)10(5-16)20-12/h3-5H,1-2H3. The van der Waals surface area contributed by atoms with Gasteiger partial charge in [-0.3, -0.25) is 14.9 Å². The van der Waals surface area contributed by atoms with Crippen molar-refractivity contribution in [3.8, 4) is 10.9 Å². The Morgan fingerprint density at radius 3 is 2.65 bits per heavy atom. The molecule has 20 heavy (non-hydrogen) atoms. The average molecular weight is 313 g/mol. The van der Waals surface area contributed by atoms with Gasteiger partial charge in [0.2, 0.25) is 0 Å². The molecule has 0 spiro atoms. The zero-order chi connectivity index (χ0) is 14.9. The molecule has 0 fully saturated rings. The van der Waals surface area contributed by atoms with Gasteiger partial charge in [0.05, 0.1) is 4.92 Å². The van der Waals surface area contributed by atoms with E-state index in [1.165, 1.54) is 6.07 Å². The lowest BCUT2D eigenvalue weighted by atomic mass is 10.1. The van der Waals surface area contributed by atoms with Crippen LogP contribution in [0.3, 0.4) is 0 Å². The Balaban J connectivity index is 2.36. The first-order valence-electron chi connectivity index (χ1n) is 5.47. The van der Waals surface area contributed by atoms with E-state index in [1.54, 1.807) is 19.9 Å². The highest BCUT2D eigenvalue weighted by molar-refractivity contribution is 7.15. The number of aldehydes is 1. The minimum atomic E-state index is -0.448. The number of hydrogen-bond acceptors (Lipinski definition) is 6. The number of thiazole rings is 1. The van der Waals surface area contributed by atoms with Crippen LogP contribution in [0.2, 0.25) is 5.15 Å². The molecule has 0 aliphatic rings. The number of nitro benzene ring substituents is 1. The maximum absolute atomic E-state index is 10.8. The minimum absolute atomic E-state index is 0.0283. The first-order valence-corrected chi connectivity index (χ1v) is 6.66. The van der Waals surface area contributed by atoms with E-state index in [1.807, 2.05) is 0 Å². The maximum atomic E-state index is 10.8. The third-order valence-corrected chi connectivity index (χ3v) is 3.84. The molecule has 0 bridgehead atoms. The Hall–Kier alpha value is -1.99. The fraction of sp³-hybridized carbons (Fsp3) is 0.167. The third kappa shape index (κ3) is 2.78. The monoisotopic (exact) mass is 312 g/mol. The predicted octanol–water partition coefficient (Wildman–Crippen LogP) is 3.93. The molecule has 0 N–H and O–H groups in total. The average Bonchev–Trinajstić information content (AvgIpc) is 2.73. The van der Waals surface area contributed by atoms with Crippen molar-refractivity contribution in [3.05, 3.63) is 43.4 Å². The van der Waals surface area contributed by atoms with Crippen LogP contribution in [0.25, 0.3) is 0 Å². The molecule has 2 rings (SSSR count). The molecule has 0 radical (unpaired) electrons. The van der Waals surface area contributed by atoms with E-state index in [-0.39, 0.29) is 20.9 Å². The molecular formula is C12H9ClN2O4S. The van der Waals surface area contributed by atoms with Crippen LogP contribution in [0.4, 0.5) is 5.69 Å². The summed E-state index contributed by atoms with van der Waals surface area (Å²) in [5, 5.41) is 11.1. The molecule has 1 aromatic carbocycles. The smallest absolute Gasteiger partial charge is 0.280 e. The van der Waals surface area contributed by atoms with Crippen LogP contribution in [0.1, 0.15) is 20.8 Å². The third-order valence-electron chi connectivity index (χ3n) is 2.58. The highest BCUT2D eigenvalue weighted by atomic mass is 35.5. The van der Waals surface area contributed by atoms with Gasteiger partial charge in [0, 0.05) is 11.6 Å². The summed E-state index contributed by atoms with van der Waals surface area (Å²) in [6.45, 7) is 3.31. The van der Waals surface area contributed by atoms with Crippen molar-refractivity contribution in [1.29, 1.82) is 0 Å². The van der Waals surface area contributed by atoms with E-state index >= 15 is 0 Å². The number of ether oxygens (including phenoxy) is 1. The number of carbonyl (C=O) groups excluding carboxylic acids is 1. The van der Waals surface area contributed by atoms with Crippen molar-refractivity contribution < 1.29 is 14.5 Å². The van der Waals surface area contributed by atoms with Crippen molar-refractivity contribution in [2.45, 2.75) is 13.8 Å². The minimum Gasteiger partial charge on any atom is -0.431 e. The second-order valence-corrected chi connectivity index (χ2v) is 5.37. The summed E-state index contributed by atoms with van der Waals surface area (Å²) >= 11 is 6.76. The summed E-state index contributed by atoms with van der Waals surface area (Å²) < 4.78 is 5.53. The molecule has 0 atom stereocenters. The second-order valence-electron chi connectivity index (χ2n) is 4.02. The van der Waals surface area contributed by atoms with E-state index in [4.69, 9.17) is 16.3 Å². The molecule has 104 valence electrons. The molecular weight excluding hydrogens is 304 g/mol. The number of aryl methyl sites for hydroxylation is 2. The number of halogens is 1. The Morgan fingerprint density at radius 2 is 2.10 bits per heavy atom. The summed E-state index contributed by atoms with van der Waals surface area (Å²) in [6, 6.07) is 2.99.